The van der Waals surface area contributed by atoms with Gasteiger partial charge in [-0.05, 0) is 18.4 Å². The van der Waals surface area contributed by atoms with Crippen molar-refractivity contribution >= 4 is 16.2 Å². The van der Waals surface area contributed by atoms with Gasteiger partial charge in [0.2, 0.25) is 0 Å². The highest BCUT2D eigenvalue weighted by Gasteiger charge is 2.22. The second-order valence-electron chi connectivity index (χ2n) is 3.74. The van der Waals surface area contributed by atoms with Gasteiger partial charge in [-0.2, -0.15) is 13.1 Å². The van der Waals surface area contributed by atoms with Crippen LogP contribution >= 0.6 is 0 Å². The molecule has 0 radical (unpaired) electrons. The van der Waals surface area contributed by atoms with Crippen LogP contribution in [-0.4, -0.2) is 32.6 Å². The molecule has 0 bridgehead atoms. The fraction of sp³-hybridized carbons (Fsp3) is 0.364. The molecule has 6 nitrogen and oxygen atoms in total. The summed E-state index contributed by atoms with van der Waals surface area (Å²) in [6.07, 6.45) is 0.685. The van der Waals surface area contributed by atoms with Crippen LogP contribution in [0.1, 0.15) is 12.0 Å². The summed E-state index contributed by atoms with van der Waals surface area (Å²) < 4.78 is 26.6. The zero-order valence-corrected chi connectivity index (χ0v) is 10.8. The minimum Gasteiger partial charge on any atom is -0.480 e. The van der Waals surface area contributed by atoms with Crippen LogP contribution in [0.2, 0.25) is 0 Å². The smallest absolute Gasteiger partial charge is 0.321 e. The highest BCUT2D eigenvalue weighted by atomic mass is 32.2. The predicted molar refractivity (Wildman–Crippen MR) is 67.3 cm³/mol. The fourth-order valence-electron chi connectivity index (χ4n) is 1.43. The number of aryl methyl sites for hydroxylation is 1. The summed E-state index contributed by atoms with van der Waals surface area (Å²) in [4.78, 5) is 11.0. The zero-order valence-electron chi connectivity index (χ0n) is 9.96. The lowest BCUT2D eigenvalue weighted by atomic mass is 10.1. The fourth-order valence-corrected chi connectivity index (χ4v) is 2.15. The highest BCUT2D eigenvalue weighted by molar-refractivity contribution is 7.87. The van der Waals surface area contributed by atoms with E-state index in [-0.39, 0.29) is 6.42 Å². The second kappa shape index (κ2) is 6.48. The van der Waals surface area contributed by atoms with E-state index < -0.39 is 22.2 Å². The summed E-state index contributed by atoms with van der Waals surface area (Å²) >= 11 is 0. The number of carbonyl (C=O) groups is 1. The van der Waals surface area contributed by atoms with Gasteiger partial charge >= 0.3 is 5.97 Å². The van der Waals surface area contributed by atoms with Crippen LogP contribution in [0, 0.1) is 0 Å². The third-order valence-corrected chi connectivity index (χ3v) is 3.56. The molecule has 0 fully saturated rings. The molecule has 0 saturated heterocycles. The van der Waals surface area contributed by atoms with Crippen LogP contribution in [0.3, 0.4) is 0 Å². The van der Waals surface area contributed by atoms with Crippen molar-refractivity contribution in [2.24, 2.45) is 0 Å². The molecule has 1 aromatic rings. The maximum absolute atomic E-state index is 11.2. The van der Waals surface area contributed by atoms with Crippen LogP contribution in [-0.2, 0) is 21.4 Å². The van der Waals surface area contributed by atoms with Gasteiger partial charge in [-0.3, -0.25) is 4.79 Å². The van der Waals surface area contributed by atoms with E-state index in [0.29, 0.717) is 6.42 Å². The van der Waals surface area contributed by atoms with Gasteiger partial charge < -0.3 is 5.11 Å². The molecule has 0 aliphatic carbocycles. The molecular weight excluding hydrogens is 256 g/mol. The maximum Gasteiger partial charge on any atom is 0.321 e. The number of benzene rings is 1. The summed E-state index contributed by atoms with van der Waals surface area (Å²) in [7, 11) is -2.53. The molecule has 0 spiro atoms. The minimum atomic E-state index is -3.75. The molecule has 1 rings (SSSR count). The van der Waals surface area contributed by atoms with Crippen LogP contribution in [0.15, 0.2) is 30.3 Å². The van der Waals surface area contributed by atoms with E-state index in [1.165, 1.54) is 7.05 Å². The largest absolute Gasteiger partial charge is 0.480 e. The Bertz CT molecular complexity index is 487. The summed E-state index contributed by atoms with van der Waals surface area (Å²) in [5.74, 6) is -1.19. The van der Waals surface area contributed by atoms with Gasteiger partial charge in [0.1, 0.15) is 6.04 Å². The minimum absolute atomic E-state index is 0.195. The number of rotatable bonds is 7. The molecule has 3 N–H and O–H groups in total. The van der Waals surface area contributed by atoms with Crippen molar-refractivity contribution < 1.29 is 18.3 Å². The molecule has 0 aliphatic rings. The van der Waals surface area contributed by atoms with E-state index in [1.54, 1.807) is 0 Å². The van der Waals surface area contributed by atoms with Crippen LogP contribution in [0.25, 0.3) is 0 Å². The van der Waals surface area contributed by atoms with E-state index in [2.05, 4.69) is 4.72 Å². The number of aliphatic carboxylic acids is 1. The van der Waals surface area contributed by atoms with E-state index >= 15 is 0 Å². The third-order valence-electron chi connectivity index (χ3n) is 2.43. The van der Waals surface area contributed by atoms with Gasteiger partial charge in [-0.1, -0.05) is 30.3 Å². The molecule has 0 saturated carbocycles. The Kier molecular flexibility index (Phi) is 5.26. The molecule has 0 heterocycles. The second-order valence-corrected chi connectivity index (χ2v) is 5.39. The molecule has 1 aromatic carbocycles. The van der Waals surface area contributed by atoms with Crippen molar-refractivity contribution in [1.82, 2.24) is 9.44 Å². The van der Waals surface area contributed by atoms with Crippen molar-refractivity contribution in [3.8, 4) is 0 Å². The Labute approximate surface area is 106 Å². The van der Waals surface area contributed by atoms with Gasteiger partial charge in [-0.25, -0.2) is 4.72 Å². The van der Waals surface area contributed by atoms with Crippen molar-refractivity contribution in [2.45, 2.75) is 18.9 Å². The Morgan fingerprint density at radius 1 is 1.33 bits per heavy atom. The van der Waals surface area contributed by atoms with Crippen molar-refractivity contribution in [1.29, 1.82) is 0 Å². The molecule has 0 aromatic heterocycles. The maximum atomic E-state index is 11.2. The molecule has 7 heteroatoms. The van der Waals surface area contributed by atoms with Crippen molar-refractivity contribution in [3.63, 3.8) is 0 Å². The molecule has 0 amide bonds. The summed E-state index contributed by atoms with van der Waals surface area (Å²) in [6, 6.07) is 8.16. The lowest BCUT2D eigenvalue weighted by Gasteiger charge is -2.13. The first-order valence-electron chi connectivity index (χ1n) is 5.42. The van der Waals surface area contributed by atoms with E-state index in [4.69, 9.17) is 5.11 Å². The summed E-state index contributed by atoms with van der Waals surface area (Å²) in [5.41, 5.74) is 0.965. The highest BCUT2D eigenvalue weighted by Crippen LogP contribution is 2.05. The topological polar surface area (TPSA) is 95.5 Å². The van der Waals surface area contributed by atoms with Crippen molar-refractivity contribution in [3.05, 3.63) is 35.9 Å². The molecule has 0 aliphatic heterocycles. The first-order valence-corrected chi connectivity index (χ1v) is 6.90. The molecule has 1 unspecified atom stereocenters. The molecule has 100 valence electrons. The SMILES string of the molecule is CNS(=O)(=O)NC(CCc1ccccc1)C(=O)O. The monoisotopic (exact) mass is 272 g/mol. The van der Waals surface area contributed by atoms with Gasteiger partial charge in [0, 0.05) is 7.05 Å². The Morgan fingerprint density at radius 2 is 1.94 bits per heavy atom. The number of nitrogens with one attached hydrogen (secondary N) is 2. The van der Waals surface area contributed by atoms with E-state index in [9.17, 15) is 13.2 Å². The predicted octanol–water partition coefficient (Wildman–Crippen LogP) is 0.126. The van der Waals surface area contributed by atoms with Gasteiger partial charge in [0.05, 0.1) is 0 Å². The molecular formula is C11H16N2O4S. The Balaban J connectivity index is 2.62. The number of hydrogen-bond donors (Lipinski definition) is 3. The lowest BCUT2D eigenvalue weighted by molar-refractivity contribution is -0.139. The lowest BCUT2D eigenvalue weighted by Crippen LogP contribution is -2.45. The van der Waals surface area contributed by atoms with Crippen LogP contribution in [0.5, 0.6) is 0 Å². The van der Waals surface area contributed by atoms with Crippen molar-refractivity contribution in [2.75, 3.05) is 7.05 Å². The molecule has 1 atom stereocenters. The summed E-state index contributed by atoms with van der Waals surface area (Å²) in [5, 5.41) is 8.96. The third kappa shape index (κ3) is 4.82. The number of carboxylic acids is 1. The average Bonchev–Trinajstić information content (AvgIpc) is 2.35. The normalized spacial score (nSPS) is 13.2. The quantitative estimate of drug-likeness (QED) is 0.657. The summed E-state index contributed by atoms with van der Waals surface area (Å²) in [6.45, 7) is 0. The van der Waals surface area contributed by atoms with Crippen LogP contribution in [0.4, 0.5) is 0 Å². The number of hydrogen-bond acceptors (Lipinski definition) is 3. The molecule has 18 heavy (non-hydrogen) atoms. The van der Waals surface area contributed by atoms with Gasteiger partial charge in [-0.15, -0.1) is 0 Å². The number of carboxylic acid groups (broad SMARTS) is 1. The first-order chi connectivity index (χ1) is 8.44. The van der Waals surface area contributed by atoms with Crippen LogP contribution < -0.4 is 9.44 Å². The average molecular weight is 272 g/mol. The Morgan fingerprint density at radius 3 is 2.44 bits per heavy atom. The Hall–Kier alpha value is -1.44. The van der Waals surface area contributed by atoms with E-state index in [0.717, 1.165) is 5.56 Å². The van der Waals surface area contributed by atoms with Gasteiger partial charge in [0.25, 0.3) is 10.2 Å². The van der Waals surface area contributed by atoms with E-state index in [1.807, 2.05) is 35.1 Å². The standard InChI is InChI=1S/C11H16N2O4S/c1-12-18(16,17)13-10(11(14)15)8-7-9-5-3-2-4-6-9/h2-6,10,12-13H,7-8H2,1H3,(H,14,15). The first kappa shape index (κ1) is 14.6. The zero-order chi connectivity index (χ0) is 13.6. The van der Waals surface area contributed by atoms with Gasteiger partial charge in [0.15, 0.2) is 0 Å².